The molecule has 0 aliphatic heterocycles. The number of aromatic carboxylic acids is 1. The number of aryl methyl sites for hydroxylation is 1. The summed E-state index contributed by atoms with van der Waals surface area (Å²) in [4.78, 5) is 23.1. The van der Waals surface area contributed by atoms with Crippen LogP contribution in [0.5, 0.6) is 5.75 Å². The summed E-state index contributed by atoms with van der Waals surface area (Å²) in [5, 5.41) is 21.1. The van der Waals surface area contributed by atoms with Crippen molar-refractivity contribution in [3.63, 3.8) is 0 Å². The summed E-state index contributed by atoms with van der Waals surface area (Å²) in [6.45, 7) is 1.82. The number of nitrogen functional groups attached to an aromatic ring is 1. The largest absolute Gasteiger partial charge is 0.506 e. The molecule has 5 N–H and O–H groups in total. The van der Waals surface area contributed by atoms with Gasteiger partial charge in [0.1, 0.15) is 5.75 Å². The molecular weight excluding hydrogens is 272 g/mol. The van der Waals surface area contributed by atoms with E-state index in [0.717, 1.165) is 5.56 Å². The molecule has 0 aromatic heterocycles. The van der Waals surface area contributed by atoms with E-state index in [1.165, 1.54) is 18.2 Å². The molecular formula is C15H14N2O4. The van der Waals surface area contributed by atoms with Crippen molar-refractivity contribution in [3.05, 3.63) is 53.1 Å². The van der Waals surface area contributed by atoms with E-state index in [2.05, 4.69) is 5.32 Å². The van der Waals surface area contributed by atoms with Crippen LogP contribution < -0.4 is 11.1 Å². The average Bonchev–Trinajstić information content (AvgIpc) is 2.43. The first-order chi connectivity index (χ1) is 9.88. The summed E-state index contributed by atoms with van der Waals surface area (Å²) in [5.41, 5.74) is 7.13. The first-order valence-electron chi connectivity index (χ1n) is 6.12. The topological polar surface area (TPSA) is 113 Å². The lowest BCUT2D eigenvalue weighted by Crippen LogP contribution is -2.14. The molecule has 0 fully saturated rings. The van der Waals surface area contributed by atoms with Crippen LogP contribution in [0.1, 0.15) is 26.3 Å². The van der Waals surface area contributed by atoms with Crippen molar-refractivity contribution in [1.29, 1.82) is 0 Å². The number of carboxylic acids is 1. The monoisotopic (exact) mass is 286 g/mol. The average molecular weight is 286 g/mol. The second kappa shape index (κ2) is 5.54. The van der Waals surface area contributed by atoms with Crippen LogP contribution in [0.25, 0.3) is 0 Å². The molecule has 0 aliphatic rings. The minimum atomic E-state index is -1.15. The number of benzene rings is 2. The van der Waals surface area contributed by atoms with Crippen molar-refractivity contribution in [1.82, 2.24) is 0 Å². The number of amides is 1. The summed E-state index contributed by atoms with van der Waals surface area (Å²) in [5.74, 6) is -1.89. The van der Waals surface area contributed by atoms with Crippen LogP contribution in [0.15, 0.2) is 36.4 Å². The van der Waals surface area contributed by atoms with Crippen LogP contribution in [-0.4, -0.2) is 22.1 Å². The van der Waals surface area contributed by atoms with E-state index in [1.54, 1.807) is 18.2 Å². The molecule has 0 saturated heterocycles. The quantitative estimate of drug-likeness (QED) is 0.510. The Morgan fingerprint density at radius 3 is 2.52 bits per heavy atom. The first-order valence-corrected chi connectivity index (χ1v) is 6.12. The summed E-state index contributed by atoms with van der Waals surface area (Å²) < 4.78 is 0. The number of rotatable bonds is 3. The van der Waals surface area contributed by atoms with Crippen molar-refractivity contribution in [2.75, 3.05) is 11.1 Å². The number of carboxylic acid groups (broad SMARTS) is 1. The number of nitrogens with one attached hydrogen (secondary N) is 1. The van der Waals surface area contributed by atoms with Crippen LogP contribution >= 0.6 is 0 Å². The van der Waals surface area contributed by atoms with Gasteiger partial charge in [-0.05, 0) is 37.3 Å². The lowest BCUT2D eigenvalue weighted by molar-refractivity contribution is 0.0696. The van der Waals surface area contributed by atoms with Crippen LogP contribution in [0.4, 0.5) is 11.4 Å². The summed E-state index contributed by atoms with van der Waals surface area (Å²) in [6.07, 6.45) is 0. The normalized spacial score (nSPS) is 10.1. The number of carbonyl (C=O) groups excluding carboxylic acids is 1. The van der Waals surface area contributed by atoms with Gasteiger partial charge in [0.05, 0.1) is 16.8 Å². The van der Waals surface area contributed by atoms with Gasteiger partial charge in [0, 0.05) is 5.69 Å². The van der Waals surface area contributed by atoms with Crippen molar-refractivity contribution in [3.8, 4) is 5.75 Å². The van der Waals surface area contributed by atoms with Crippen LogP contribution in [0.3, 0.4) is 0 Å². The van der Waals surface area contributed by atoms with Gasteiger partial charge in [-0.15, -0.1) is 0 Å². The summed E-state index contributed by atoms with van der Waals surface area (Å²) in [6, 6.07) is 8.63. The maximum absolute atomic E-state index is 12.2. The van der Waals surface area contributed by atoms with E-state index in [0.29, 0.717) is 5.69 Å². The smallest absolute Gasteiger partial charge is 0.335 e. The lowest BCUT2D eigenvalue weighted by Gasteiger charge is -2.10. The predicted octanol–water partition coefficient (Wildman–Crippen LogP) is 2.23. The fourth-order valence-corrected chi connectivity index (χ4v) is 1.83. The Bertz CT molecular complexity index is 726. The maximum atomic E-state index is 12.2. The SMILES string of the molecule is Cc1ccc(N)c(C(=O)Nc2cc(C(=O)O)ccc2O)c1. The molecule has 6 heteroatoms. The molecule has 0 bridgehead atoms. The molecule has 0 aliphatic carbocycles. The van der Waals surface area contributed by atoms with Gasteiger partial charge < -0.3 is 21.3 Å². The number of carbonyl (C=O) groups is 2. The van der Waals surface area contributed by atoms with Gasteiger partial charge in [-0.1, -0.05) is 11.6 Å². The number of hydrogen-bond donors (Lipinski definition) is 4. The first kappa shape index (κ1) is 14.4. The fourth-order valence-electron chi connectivity index (χ4n) is 1.83. The van der Waals surface area contributed by atoms with E-state index in [-0.39, 0.29) is 22.6 Å². The van der Waals surface area contributed by atoms with E-state index in [9.17, 15) is 14.7 Å². The van der Waals surface area contributed by atoms with Gasteiger partial charge in [-0.25, -0.2) is 4.79 Å². The van der Waals surface area contributed by atoms with Gasteiger partial charge in [0.15, 0.2) is 0 Å². The molecule has 0 heterocycles. The highest BCUT2D eigenvalue weighted by molar-refractivity contribution is 6.08. The molecule has 0 atom stereocenters. The maximum Gasteiger partial charge on any atom is 0.335 e. The van der Waals surface area contributed by atoms with Crippen molar-refractivity contribution < 1.29 is 19.8 Å². The van der Waals surface area contributed by atoms with E-state index in [1.807, 2.05) is 6.92 Å². The predicted molar refractivity (Wildman–Crippen MR) is 78.6 cm³/mol. The zero-order chi connectivity index (χ0) is 15.6. The number of anilines is 2. The van der Waals surface area contributed by atoms with E-state index in [4.69, 9.17) is 10.8 Å². The Kier molecular flexibility index (Phi) is 3.80. The molecule has 0 radical (unpaired) electrons. The zero-order valence-electron chi connectivity index (χ0n) is 11.3. The highest BCUT2D eigenvalue weighted by Crippen LogP contribution is 2.25. The Labute approximate surface area is 120 Å². The minimum absolute atomic E-state index is 0.0146. The molecule has 2 aromatic carbocycles. The lowest BCUT2D eigenvalue weighted by atomic mass is 10.1. The van der Waals surface area contributed by atoms with Gasteiger partial charge >= 0.3 is 5.97 Å². The Balaban J connectivity index is 2.33. The second-order valence-corrected chi connectivity index (χ2v) is 4.58. The molecule has 0 saturated carbocycles. The van der Waals surface area contributed by atoms with Gasteiger partial charge in [-0.2, -0.15) is 0 Å². The van der Waals surface area contributed by atoms with Crippen LogP contribution in [0.2, 0.25) is 0 Å². The number of phenolic OH excluding ortho intramolecular Hbond substituents is 1. The third-order valence-electron chi connectivity index (χ3n) is 2.95. The van der Waals surface area contributed by atoms with Gasteiger partial charge in [0.2, 0.25) is 0 Å². The third-order valence-corrected chi connectivity index (χ3v) is 2.95. The molecule has 2 rings (SSSR count). The Morgan fingerprint density at radius 2 is 1.86 bits per heavy atom. The molecule has 108 valence electrons. The molecule has 21 heavy (non-hydrogen) atoms. The summed E-state index contributed by atoms with van der Waals surface area (Å²) in [7, 11) is 0. The van der Waals surface area contributed by atoms with E-state index >= 15 is 0 Å². The number of hydrogen-bond acceptors (Lipinski definition) is 4. The fraction of sp³-hybridized carbons (Fsp3) is 0.0667. The molecule has 1 amide bonds. The van der Waals surface area contributed by atoms with Crippen molar-refractivity contribution in [2.45, 2.75) is 6.92 Å². The summed E-state index contributed by atoms with van der Waals surface area (Å²) >= 11 is 0. The zero-order valence-corrected chi connectivity index (χ0v) is 11.3. The molecule has 2 aromatic rings. The molecule has 0 unspecified atom stereocenters. The standard InChI is InChI=1S/C15H14N2O4/c1-8-2-4-11(16)10(6-8)14(19)17-12-7-9(15(20)21)3-5-13(12)18/h2-7,18H,16H2,1H3,(H,17,19)(H,20,21). The van der Waals surface area contributed by atoms with Crippen molar-refractivity contribution >= 4 is 23.3 Å². The highest BCUT2D eigenvalue weighted by Gasteiger charge is 2.14. The van der Waals surface area contributed by atoms with Gasteiger partial charge in [0.25, 0.3) is 5.91 Å². The molecule has 6 nitrogen and oxygen atoms in total. The second-order valence-electron chi connectivity index (χ2n) is 4.58. The minimum Gasteiger partial charge on any atom is -0.506 e. The van der Waals surface area contributed by atoms with Gasteiger partial charge in [-0.3, -0.25) is 4.79 Å². The highest BCUT2D eigenvalue weighted by atomic mass is 16.4. The third kappa shape index (κ3) is 3.11. The van der Waals surface area contributed by atoms with Crippen LogP contribution in [0, 0.1) is 6.92 Å². The Hall–Kier alpha value is -3.02. The number of nitrogens with two attached hydrogens (primary N) is 1. The number of aromatic hydroxyl groups is 1. The van der Waals surface area contributed by atoms with Crippen molar-refractivity contribution in [2.24, 2.45) is 0 Å². The van der Waals surface area contributed by atoms with Crippen LogP contribution in [-0.2, 0) is 0 Å². The van der Waals surface area contributed by atoms with E-state index < -0.39 is 11.9 Å². The Morgan fingerprint density at radius 1 is 1.14 bits per heavy atom. The molecule has 0 spiro atoms. The number of phenols is 1.